The van der Waals surface area contributed by atoms with E-state index in [4.69, 9.17) is 16.3 Å². The average molecular weight is 455 g/mol. The normalized spacial score (nSPS) is 10.5. The molecule has 0 aliphatic carbocycles. The first-order valence-electron chi connectivity index (χ1n) is 9.55. The van der Waals surface area contributed by atoms with Crippen molar-refractivity contribution in [3.63, 3.8) is 0 Å². The van der Waals surface area contributed by atoms with Crippen molar-refractivity contribution in [2.45, 2.75) is 5.16 Å². The highest BCUT2D eigenvalue weighted by molar-refractivity contribution is 7.99. The average Bonchev–Trinajstić information content (AvgIpc) is 3.21. The first-order valence-corrected chi connectivity index (χ1v) is 10.9. The van der Waals surface area contributed by atoms with Gasteiger partial charge in [-0.25, -0.2) is 0 Å². The molecular weight excluding hydrogens is 432 g/mol. The van der Waals surface area contributed by atoms with E-state index in [-0.39, 0.29) is 11.7 Å². The van der Waals surface area contributed by atoms with E-state index in [2.05, 4.69) is 23.4 Å². The lowest BCUT2D eigenvalue weighted by molar-refractivity contribution is -0.127. The van der Waals surface area contributed by atoms with Gasteiger partial charge < -0.3 is 9.64 Å². The number of nitrogens with zero attached hydrogens (tertiary/aromatic N) is 4. The molecule has 0 unspecified atom stereocenters. The summed E-state index contributed by atoms with van der Waals surface area (Å²) in [7, 11) is 1.62. The Morgan fingerprint density at radius 3 is 2.32 bits per heavy atom. The van der Waals surface area contributed by atoms with Crippen LogP contribution in [0.25, 0.3) is 17.1 Å². The van der Waals surface area contributed by atoms with Crippen LogP contribution in [0.4, 0.5) is 0 Å². The molecule has 1 amide bonds. The molecule has 8 heteroatoms. The standard InChI is InChI=1S/C23H23ClN4O2S/c1-4-14-27(15-5-2)21(29)16-31-23-26-25-22(17-6-8-18(24)9-7-17)28(23)19-10-12-20(30-3)13-11-19/h4-13H,1-2,14-16H2,3H3. The molecule has 0 atom stereocenters. The fourth-order valence-corrected chi connectivity index (χ4v) is 3.90. The highest BCUT2D eigenvalue weighted by atomic mass is 35.5. The topological polar surface area (TPSA) is 60.2 Å². The van der Waals surface area contributed by atoms with Crippen LogP contribution >= 0.6 is 23.4 Å². The van der Waals surface area contributed by atoms with Crippen LogP contribution < -0.4 is 4.74 Å². The van der Waals surface area contributed by atoms with Crippen LogP contribution in [0.2, 0.25) is 5.02 Å². The molecule has 1 heterocycles. The van der Waals surface area contributed by atoms with Crippen molar-refractivity contribution < 1.29 is 9.53 Å². The van der Waals surface area contributed by atoms with Crippen molar-refractivity contribution in [3.05, 3.63) is 78.9 Å². The molecule has 0 spiro atoms. The summed E-state index contributed by atoms with van der Waals surface area (Å²) < 4.78 is 7.19. The Labute approximate surface area is 191 Å². The maximum absolute atomic E-state index is 12.7. The number of rotatable bonds is 10. The number of benzene rings is 2. The second-order valence-corrected chi connectivity index (χ2v) is 7.89. The van der Waals surface area contributed by atoms with Gasteiger partial charge in [-0.05, 0) is 48.5 Å². The quantitative estimate of drug-likeness (QED) is 0.322. The summed E-state index contributed by atoms with van der Waals surface area (Å²) in [5.41, 5.74) is 1.73. The van der Waals surface area contributed by atoms with Crippen LogP contribution in [0.3, 0.4) is 0 Å². The van der Waals surface area contributed by atoms with Gasteiger partial charge in [0.2, 0.25) is 5.91 Å². The minimum absolute atomic E-state index is 0.0258. The molecular formula is C23H23ClN4O2S. The smallest absolute Gasteiger partial charge is 0.233 e. The number of methoxy groups -OCH3 is 1. The van der Waals surface area contributed by atoms with Gasteiger partial charge in [0.05, 0.1) is 12.9 Å². The molecule has 2 aromatic carbocycles. The van der Waals surface area contributed by atoms with E-state index in [1.54, 1.807) is 24.2 Å². The molecule has 3 rings (SSSR count). The molecule has 6 nitrogen and oxygen atoms in total. The van der Waals surface area contributed by atoms with Gasteiger partial charge in [-0.1, -0.05) is 35.5 Å². The fraction of sp³-hybridized carbons (Fsp3) is 0.174. The first-order chi connectivity index (χ1) is 15.1. The Balaban J connectivity index is 1.94. The van der Waals surface area contributed by atoms with E-state index in [1.807, 2.05) is 53.1 Å². The zero-order valence-corrected chi connectivity index (χ0v) is 18.8. The van der Waals surface area contributed by atoms with E-state index in [1.165, 1.54) is 11.8 Å². The van der Waals surface area contributed by atoms with E-state index in [0.29, 0.717) is 29.1 Å². The number of halogens is 1. The number of carbonyl (C=O) groups is 1. The third-order valence-corrected chi connectivity index (χ3v) is 5.61. The molecule has 0 saturated carbocycles. The zero-order valence-electron chi connectivity index (χ0n) is 17.2. The van der Waals surface area contributed by atoms with Crippen LogP contribution in [-0.2, 0) is 4.79 Å². The van der Waals surface area contributed by atoms with Gasteiger partial charge in [0, 0.05) is 29.4 Å². The number of amides is 1. The number of thioether (sulfide) groups is 1. The molecule has 3 aromatic rings. The Hall–Kier alpha value is -3.03. The van der Waals surface area contributed by atoms with Crippen molar-refractivity contribution in [2.75, 3.05) is 26.0 Å². The molecule has 1 aromatic heterocycles. The second kappa shape index (κ2) is 10.8. The summed E-state index contributed by atoms with van der Waals surface area (Å²) in [6, 6.07) is 15.0. The summed E-state index contributed by atoms with van der Waals surface area (Å²) >= 11 is 7.37. The minimum atomic E-state index is -0.0258. The maximum atomic E-state index is 12.7. The largest absolute Gasteiger partial charge is 0.497 e. The number of aromatic nitrogens is 3. The molecule has 0 aliphatic heterocycles. The summed E-state index contributed by atoms with van der Waals surface area (Å²) in [6.45, 7) is 8.36. The number of hydrogen-bond donors (Lipinski definition) is 0. The van der Waals surface area contributed by atoms with E-state index in [0.717, 1.165) is 17.0 Å². The lowest BCUT2D eigenvalue weighted by Crippen LogP contribution is -2.32. The predicted molar refractivity (Wildman–Crippen MR) is 126 cm³/mol. The van der Waals surface area contributed by atoms with Gasteiger partial charge in [-0.2, -0.15) is 0 Å². The third kappa shape index (κ3) is 5.57. The first kappa shape index (κ1) is 22.7. The number of carbonyl (C=O) groups excluding carboxylic acids is 1. The SMILES string of the molecule is C=CCN(CC=C)C(=O)CSc1nnc(-c2ccc(Cl)cc2)n1-c1ccc(OC)cc1. The van der Waals surface area contributed by atoms with Gasteiger partial charge in [0.1, 0.15) is 5.75 Å². The number of ether oxygens (including phenoxy) is 1. The second-order valence-electron chi connectivity index (χ2n) is 6.51. The Kier molecular flexibility index (Phi) is 7.92. The molecule has 0 N–H and O–H groups in total. The van der Waals surface area contributed by atoms with Gasteiger partial charge in [0.15, 0.2) is 11.0 Å². The van der Waals surface area contributed by atoms with Gasteiger partial charge in [-0.15, -0.1) is 23.4 Å². The van der Waals surface area contributed by atoms with Crippen LogP contribution in [0.1, 0.15) is 0 Å². The Morgan fingerprint density at radius 2 is 1.74 bits per heavy atom. The fourth-order valence-electron chi connectivity index (χ4n) is 2.92. The molecule has 0 radical (unpaired) electrons. The Bertz CT molecular complexity index is 1040. The van der Waals surface area contributed by atoms with E-state index >= 15 is 0 Å². The van der Waals surface area contributed by atoms with Crippen LogP contribution in [0.5, 0.6) is 5.75 Å². The molecule has 160 valence electrons. The van der Waals surface area contributed by atoms with Gasteiger partial charge in [-0.3, -0.25) is 9.36 Å². The highest BCUT2D eigenvalue weighted by Gasteiger charge is 2.19. The lowest BCUT2D eigenvalue weighted by atomic mass is 10.2. The zero-order chi connectivity index (χ0) is 22.2. The van der Waals surface area contributed by atoms with E-state index in [9.17, 15) is 4.79 Å². The van der Waals surface area contributed by atoms with Crippen molar-refractivity contribution in [3.8, 4) is 22.8 Å². The highest BCUT2D eigenvalue weighted by Crippen LogP contribution is 2.29. The summed E-state index contributed by atoms with van der Waals surface area (Å²) in [6.07, 6.45) is 3.40. The van der Waals surface area contributed by atoms with Crippen molar-refractivity contribution in [2.24, 2.45) is 0 Å². The monoisotopic (exact) mass is 454 g/mol. The van der Waals surface area contributed by atoms with Crippen molar-refractivity contribution in [1.29, 1.82) is 0 Å². The van der Waals surface area contributed by atoms with Crippen molar-refractivity contribution >= 4 is 29.3 Å². The third-order valence-electron chi connectivity index (χ3n) is 4.44. The predicted octanol–water partition coefficient (Wildman–Crippen LogP) is 4.89. The summed E-state index contributed by atoms with van der Waals surface area (Å²) in [5, 5.41) is 10.0. The molecule has 0 saturated heterocycles. The van der Waals surface area contributed by atoms with Crippen LogP contribution in [0, 0.1) is 0 Å². The van der Waals surface area contributed by atoms with Crippen LogP contribution in [-0.4, -0.2) is 51.5 Å². The van der Waals surface area contributed by atoms with Crippen molar-refractivity contribution in [1.82, 2.24) is 19.7 Å². The van der Waals surface area contributed by atoms with E-state index < -0.39 is 0 Å². The molecule has 0 aliphatic rings. The molecule has 0 bridgehead atoms. The van der Waals surface area contributed by atoms with Gasteiger partial charge in [0.25, 0.3) is 0 Å². The van der Waals surface area contributed by atoms with Gasteiger partial charge >= 0.3 is 0 Å². The summed E-state index contributed by atoms with van der Waals surface area (Å²) in [5.74, 6) is 1.60. The summed E-state index contributed by atoms with van der Waals surface area (Å²) in [4.78, 5) is 14.3. The minimum Gasteiger partial charge on any atom is -0.497 e. The lowest BCUT2D eigenvalue weighted by Gasteiger charge is -2.19. The maximum Gasteiger partial charge on any atom is 0.233 e. The molecule has 0 fully saturated rings. The molecule has 31 heavy (non-hydrogen) atoms. The Morgan fingerprint density at radius 1 is 1.10 bits per heavy atom. The van der Waals surface area contributed by atoms with Crippen LogP contribution in [0.15, 0.2) is 79.0 Å². The number of hydrogen-bond acceptors (Lipinski definition) is 5.